The third-order valence-electron chi connectivity index (χ3n) is 12.1. The molecular formula is C57H33N3O2S. The van der Waals surface area contributed by atoms with Gasteiger partial charge < -0.3 is 8.83 Å². The smallest absolute Gasteiger partial charge is 0.167 e. The van der Waals surface area contributed by atoms with Crippen molar-refractivity contribution in [1.82, 2.24) is 15.0 Å². The van der Waals surface area contributed by atoms with Crippen LogP contribution in [0.2, 0.25) is 0 Å². The SMILES string of the molecule is c1ccc(-c2ccc3sc4c(-c5ccc6oc7cc(-c8nc(-c9ccccc9)nc(-c9cccc%10c9oc9ccccc9%10)n8)ccc7c6c5)cc(-c5ccccc5)cc4c3c2)cc1. The van der Waals surface area contributed by atoms with Crippen LogP contribution in [0.1, 0.15) is 0 Å². The zero-order valence-corrected chi connectivity index (χ0v) is 34.4. The van der Waals surface area contributed by atoms with Gasteiger partial charge in [0.2, 0.25) is 0 Å². The molecule has 294 valence electrons. The third-order valence-corrected chi connectivity index (χ3v) is 13.4. The summed E-state index contributed by atoms with van der Waals surface area (Å²) < 4.78 is 15.6. The molecule has 0 aliphatic heterocycles. The maximum Gasteiger partial charge on any atom is 0.167 e. The Morgan fingerprint density at radius 3 is 1.71 bits per heavy atom. The van der Waals surface area contributed by atoms with Crippen molar-refractivity contribution in [1.29, 1.82) is 0 Å². The summed E-state index contributed by atoms with van der Waals surface area (Å²) in [5.74, 6) is 1.68. The Balaban J connectivity index is 0.956. The number of benzene rings is 9. The molecule has 9 aromatic carbocycles. The van der Waals surface area contributed by atoms with Gasteiger partial charge in [0.1, 0.15) is 22.3 Å². The number of fused-ring (bicyclic) bond motifs is 9. The monoisotopic (exact) mass is 823 g/mol. The first-order valence-corrected chi connectivity index (χ1v) is 21.8. The normalized spacial score (nSPS) is 11.8. The highest BCUT2D eigenvalue weighted by Gasteiger charge is 2.20. The van der Waals surface area contributed by atoms with Gasteiger partial charge in [-0.3, -0.25) is 0 Å². The number of thiophene rings is 1. The van der Waals surface area contributed by atoms with Gasteiger partial charge in [0, 0.05) is 58.4 Å². The van der Waals surface area contributed by atoms with E-state index in [1.54, 1.807) is 0 Å². The number of nitrogens with zero attached hydrogens (tertiary/aromatic N) is 3. The molecule has 0 saturated carbocycles. The van der Waals surface area contributed by atoms with E-state index in [1.807, 2.05) is 72.0 Å². The van der Waals surface area contributed by atoms with Gasteiger partial charge in [-0.2, -0.15) is 0 Å². The molecule has 63 heavy (non-hydrogen) atoms. The quantitative estimate of drug-likeness (QED) is 0.167. The minimum atomic E-state index is 0.541. The lowest BCUT2D eigenvalue weighted by Gasteiger charge is -2.10. The Morgan fingerprint density at radius 2 is 0.905 bits per heavy atom. The number of aromatic nitrogens is 3. The Labute approximate surface area is 365 Å². The summed E-state index contributed by atoms with van der Waals surface area (Å²) >= 11 is 1.85. The molecule has 6 heteroatoms. The predicted molar refractivity (Wildman–Crippen MR) is 260 cm³/mol. The van der Waals surface area contributed by atoms with Gasteiger partial charge in [-0.15, -0.1) is 11.3 Å². The summed E-state index contributed by atoms with van der Waals surface area (Å²) in [6, 6.07) is 70.0. The second-order valence-corrected chi connectivity index (χ2v) is 17.0. The van der Waals surface area contributed by atoms with E-state index in [9.17, 15) is 0 Å². The van der Waals surface area contributed by atoms with Crippen LogP contribution in [-0.2, 0) is 0 Å². The maximum atomic E-state index is 6.63. The third kappa shape index (κ3) is 5.95. The van der Waals surface area contributed by atoms with Crippen molar-refractivity contribution in [2.24, 2.45) is 0 Å². The van der Waals surface area contributed by atoms with Crippen molar-refractivity contribution >= 4 is 75.4 Å². The molecule has 0 spiro atoms. The lowest BCUT2D eigenvalue weighted by atomic mass is 9.94. The van der Waals surface area contributed by atoms with Crippen molar-refractivity contribution in [3.05, 3.63) is 200 Å². The van der Waals surface area contributed by atoms with Gasteiger partial charge in [-0.1, -0.05) is 140 Å². The Hall–Kier alpha value is -8.19. The molecule has 4 aromatic heterocycles. The van der Waals surface area contributed by atoms with E-state index in [0.29, 0.717) is 17.5 Å². The molecule has 13 rings (SSSR count). The fourth-order valence-electron chi connectivity index (χ4n) is 9.05. The summed E-state index contributed by atoms with van der Waals surface area (Å²) in [6.45, 7) is 0. The molecule has 4 heterocycles. The molecule has 0 amide bonds. The van der Waals surface area contributed by atoms with Crippen LogP contribution in [0, 0.1) is 0 Å². The zero-order valence-electron chi connectivity index (χ0n) is 33.6. The molecule has 0 saturated heterocycles. The van der Waals surface area contributed by atoms with E-state index in [1.165, 1.54) is 48.0 Å². The highest BCUT2D eigenvalue weighted by atomic mass is 32.1. The molecule has 5 nitrogen and oxygen atoms in total. The van der Waals surface area contributed by atoms with E-state index in [4.69, 9.17) is 23.8 Å². The van der Waals surface area contributed by atoms with Gasteiger partial charge in [-0.25, -0.2) is 15.0 Å². The van der Waals surface area contributed by atoms with Gasteiger partial charge >= 0.3 is 0 Å². The van der Waals surface area contributed by atoms with Gasteiger partial charge in [0.05, 0.1) is 5.56 Å². The molecule has 0 radical (unpaired) electrons. The Morgan fingerprint density at radius 1 is 0.302 bits per heavy atom. The van der Waals surface area contributed by atoms with Gasteiger partial charge in [0.25, 0.3) is 0 Å². The van der Waals surface area contributed by atoms with Crippen molar-refractivity contribution in [3.63, 3.8) is 0 Å². The minimum absolute atomic E-state index is 0.541. The van der Waals surface area contributed by atoms with Crippen LogP contribution in [0.15, 0.2) is 209 Å². The lowest BCUT2D eigenvalue weighted by Crippen LogP contribution is -2.00. The maximum absolute atomic E-state index is 6.63. The van der Waals surface area contributed by atoms with Crippen LogP contribution in [0.3, 0.4) is 0 Å². The van der Waals surface area contributed by atoms with E-state index in [2.05, 4.69) is 140 Å². The number of furan rings is 2. The van der Waals surface area contributed by atoms with Crippen LogP contribution >= 0.6 is 11.3 Å². The highest BCUT2D eigenvalue weighted by Crippen LogP contribution is 2.45. The summed E-state index contributed by atoms with van der Waals surface area (Å²) in [5.41, 5.74) is 12.8. The average molecular weight is 824 g/mol. The number of rotatable bonds is 6. The van der Waals surface area contributed by atoms with E-state index in [0.717, 1.165) is 66.1 Å². The minimum Gasteiger partial charge on any atom is -0.456 e. The molecule has 0 N–H and O–H groups in total. The van der Waals surface area contributed by atoms with E-state index < -0.39 is 0 Å². The molecular weight excluding hydrogens is 791 g/mol. The van der Waals surface area contributed by atoms with Crippen LogP contribution in [0.25, 0.3) is 132 Å². The van der Waals surface area contributed by atoms with Crippen LogP contribution in [-0.4, -0.2) is 15.0 Å². The van der Waals surface area contributed by atoms with E-state index >= 15 is 0 Å². The first-order chi connectivity index (χ1) is 31.2. The summed E-state index contributed by atoms with van der Waals surface area (Å²) in [6.07, 6.45) is 0. The first-order valence-electron chi connectivity index (χ1n) is 21.0. The standard InChI is InChI=1S/C57H33N3O2S/c1-4-13-34(14-5-1)37-25-28-52-47(29-37)48-32-40(35-15-6-2-7-16-35)31-45(54(48)63-52)38-24-27-50-46(30-38)42-26-23-39(33-51(42)61-50)56-58-55(36-17-8-3-9-18-36)59-57(60-56)44-21-12-20-43-41-19-10-11-22-49(41)62-53(43)44/h1-33H. The zero-order chi connectivity index (χ0) is 41.4. The van der Waals surface area contributed by atoms with Gasteiger partial charge in [0.15, 0.2) is 17.5 Å². The Kier molecular flexibility index (Phi) is 8.01. The number of hydrogen-bond donors (Lipinski definition) is 0. The molecule has 0 aliphatic rings. The topological polar surface area (TPSA) is 65.0 Å². The second-order valence-electron chi connectivity index (χ2n) is 15.9. The van der Waals surface area contributed by atoms with Crippen molar-refractivity contribution in [2.75, 3.05) is 0 Å². The fraction of sp³-hybridized carbons (Fsp3) is 0. The molecule has 0 atom stereocenters. The Bertz CT molecular complexity index is 3910. The van der Waals surface area contributed by atoms with Crippen LogP contribution in [0.4, 0.5) is 0 Å². The molecule has 13 aromatic rings. The lowest BCUT2D eigenvalue weighted by molar-refractivity contribution is 0.668. The fourth-order valence-corrected chi connectivity index (χ4v) is 10.2. The second kappa shape index (κ2) is 14.2. The molecule has 0 aliphatic carbocycles. The number of para-hydroxylation sites is 2. The summed E-state index contributed by atoms with van der Waals surface area (Å²) in [7, 11) is 0. The summed E-state index contributed by atoms with van der Waals surface area (Å²) in [5, 5.41) is 6.68. The average Bonchev–Trinajstić information content (AvgIpc) is 4.05. The van der Waals surface area contributed by atoms with Gasteiger partial charge in [-0.05, 0) is 88.5 Å². The number of hydrogen-bond acceptors (Lipinski definition) is 6. The largest absolute Gasteiger partial charge is 0.456 e. The molecule has 0 fully saturated rings. The first kappa shape index (κ1) is 35.6. The molecule has 0 unspecified atom stereocenters. The van der Waals surface area contributed by atoms with Crippen molar-refractivity contribution in [2.45, 2.75) is 0 Å². The van der Waals surface area contributed by atoms with Crippen molar-refractivity contribution < 1.29 is 8.83 Å². The van der Waals surface area contributed by atoms with Crippen LogP contribution in [0.5, 0.6) is 0 Å². The predicted octanol–water partition coefficient (Wildman–Crippen LogP) is 16.0. The molecule has 0 bridgehead atoms. The van der Waals surface area contributed by atoms with Crippen molar-refractivity contribution in [3.8, 4) is 67.5 Å². The van der Waals surface area contributed by atoms with Crippen LogP contribution < -0.4 is 0 Å². The highest BCUT2D eigenvalue weighted by molar-refractivity contribution is 7.26. The summed E-state index contributed by atoms with van der Waals surface area (Å²) in [4.78, 5) is 15.2. The van der Waals surface area contributed by atoms with E-state index in [-0.39, 0.29) is 0 Å².